The minimum atomic E-state index is 0.0453. The average molecular weight is 290 g/mol. The van der Waals surface area contributed by atoms with Gasteiger partial charge < -0.3 is 20.1 Å². The number of nitrogens with zero attached hydrogens (tertiary/aromatic N) is 1. The molecule has 2 aliphatic rings. The summed E-state index contributed by atoms with van der Waals surface area (Å²) in [6.07, 6.45) is 3.41. The Morgan fingerprint density at radius 3 is 2.57 bits per heavy atom. The minimum absolute atomic E-state index is 0.0453. The first-order chi connectivity index (χ1) is 10.2. The first-order valence-corrected chi connectivity index (χ1v) is 7.57. The molecule has 1 spiro atoms. The van der Waals surface area contributed by atoms with Crippen molar-refractivity contribution in [3.63, 3.8) is 0 Å². The van der Waals surface area contributed by atoms with E-state index in [4.69, 9.17) is 4.74 Å². The second kappa shape index (κ2) is 5.93. The van der Waals surface area contributed by atoms with Crippen LogP contribution >= 0.6 is 0 Å². The SMILES string of the molecule is O=C(COc1ccc(O)cc1)N1CCC2(CCNC2)CC1. The normalized spacial score (nSPS) is 20.7. The van der Waals surface area contributed by atoms with Gasteiger partial charge in [-0.05, 0) is 55.5 Å². The lowest BCUT2D eigenvalue weighted by Gasteiger charge is -2.38. The Kier molecular flexibility index (Phi) is 4.01. The molecule has 2 heterocycles. The zero-order chi connectivity index (χ0) is 14.7. The smallest absolute Gasteiger partial charge is 0.260 e. The Morgan fingerprint density at radius 1 is 1.24 bits per heavy atom. The molecule has 5 heteroatoms. The van der Waals surface area contributed by atoms with E-state index in [0.717, 1.165) is 39.0 Å². The van der Waals surface area contributed by atoms with Gasteiger partial charge in [0.25, 0.3) is 5.91 Å². The van der Waals surface area contributed by atoms with Gasteiger partial charge >= 0.3 is 0 Å². The summed E-state index contributed by atoms with van der Waals surface area (Å²) in [7, 11) is 0. The minimum Gasteiger partial charge on any atom is -0.508 e. The van der Waals surface area contributed by atoms with Crippen molar-refractivity contribution in [3.05, 3.63) is 24.3 Å². The number of likely N-dealkylation sites (tertiary alicyclic amines) is 1. The lowest BCUT2D eigenvalue weighted by atomic mass is 9.78. The van der Waals surface area contributed by atoms with Crippen LogP contribution in [-0.2, 0) is 4.79 Å². The van der Waals surface area contributed by atoms with Crippen LogP contribution in [0.15, 0.2) is 24.3 Å². The molecule has 0 atom stereocenters. The van der Waals surface area contributed by atoms with Crippen LogP contribution in [-0.4, -0.2) is 48.7 Å². The van der Waals surface area contributed by atoms with E-state index in [1.807, 2.05) is 4.90 Å². The zero-order valence-electron chi connectivity index (χ0n) is 12.2. The van der Waals surface area contributed by atoms with Crippen molar-refractivity contribution in [1.82, 2.24) is 10.2 Å². The number of aromatic hydroxyl groups is 1. The molecule has 21 heavy (non-hydrogen) atoms. The maximum Gasteiger partial charge on any atom is 0.260 e. The van der Waals surface area contributed by atoms with Crippen molar-refractivity contribution in [3.8, 4) is 11.5 Å². The predicted molar refractivity (Wildman–Crippen MR) is 79.3 cm³/mol. The fraction of sp³-hybridized carbons (Fsp3) is 0.562. The van der Waals surface area contributed by atoms with Gasteiger partial charge in [-0.1, -0.05) is 0 Å². The van der Waals surface area contributed by atoms with Crippen LogP contribution in [0.2, 0.25) is 0 Å². The summed E-state index contributed by atoms with van der Waals surface area (Å²) in [5, 5.41) is 12.6. The second-order valence-corrected chi connectivity index (χ2v) is 6.09. The first-order valence-electron chi connectivity index (χ1n) is 7.57. The number of benzene rings is 1. The van der Waals surface area contributed by atoms with Crippen LogP contribution < -0.4 is 10.1 Å². The van der Waals surface area contributed by atoms with Crippen LogP contribution in [0.25, 0.3) is 0 Å². The molecule has 2 saturated heterocycles. The number of carbonyl (C=O) groups excluding carboxylic acids is 1. The average Bonchev–Trinajstić information content (AvgIpc) is 2.95. The third-order valence-corrected chi connectivity index (χ3v) is 4.71. The highest BCUT2D eigenvalue weighted by Crippen LogP contribution is 2.36. The highest BCUT2D eigenvalue weighted by Gasteiger charge is 2.37. The second-order valence-electron chi connectivity index (χ2n) is 6.09. The van der Waals surface area contributed by atoms with Gasteiger partial charge in [0, 0.05) is 19.6 Å². The predicted octanol–water partition coefficient (Wildman–Crippen LogP) is 1.37. The van der Waals surface area contributed by atoms with E-state index in [0.29, 0.717) is 11.2 Å². The van der Waals surface area contributed by atoms with Crippen molar-refractivity contribution < 1.29 is 14.6 Å². The highest BCUT2D eigenvalue weighted by molar-refractivity contribution is 5.77. The molecule has 2 N–H and O–H groups in total. The zero-order valence-corrected chi connectivity index (χ0v) is 12.2. The Bertz CT molecular complexity index is 485. The Hall–Kier alpha value is -1.75. The summed E-state index contributed by atoms with van der Waals surface area (Å²) < 4.78 is 5.48. The van der Waals surface area contributed by atoms with E-state index in [-0.39, 0.29) is 18.3 Å². The molecule has 0 bridgehead atoms. The number of piperidine rings is 1. The molecule has 0 aromatic heterocycles. The summed E-state index contributed by atoms with van der Waals surface area (Å²) in [6.45, 7) is 3.94. The number of phenolic OH excluding ortho intramolecular Hbond substituents is 1. The topological polar surface area (TPSA) is 61.8 Å². The number of amides is 1. The molecule has 0 unspecified atom stereocenters. The van der Waals surface area contributed by atoms with Crippen molar-refractivity contribution >= 4 is 5.91 Å². The van der Waals surface area contributed by atoms with Crippen molar-refractivity contribution in [2.75, 3.05) is 32.8 Å². The molecule has 2 fully saturated rings. The van der Waals surface area contributed by atoms with Gasteiger partial charge in [-0.15, -0.1) is 0 Å². The monoisotopic (exact) mass is 290 g/mol. The molecular weight excluding hydrogens is 268 g/mol. The van der Waals surface area contributed by atoms with Gasteiger partial charge in [0.2, 0.25) is 0 Å². The standard InChI is InChI=1S/C16H22N2O3/c19-13-1-3-14(4-2-13)21-11-15(20)18-9-6-16(7-10-18)5-8-17-12-16/h1-4,17,19H,5-12H2. The number of nitrogens with one attached hydrogen (secondary N) is 1. The molecule has 1 aromatic rings. The van der Waals surface area contributed by atoms with Gasteiger partial charge in [0.1, 0.15) is 11.5 Å². The lowest BCUT2D eigenvalue weighted by Crippen LogP contribution is -2.45. The Morgan fingerprint density at radius 2 is 1.95 bits per heavy atom. The molecule has 3 rings (SSSR count). The van der Waals surface area contributed by atoms with Crippen LogP contribution in [0, 0.1) is 5.41 Å². The fourth-order valence-corrected chi connectivity index (χ4v) is 3.23. The van der Waals surface area contributed by atoms with E-state index in [9.17, 15) is 9.90 Å². The van der Waals surface area contributed by atoms with Gasteiger partial charge in [0.15, 0.2) is 6.61 Å². The van der Waals surface area contributed by atoms with Crippen molar-refractivity contribution in [2.24, 2.45) is 5.41 Å². The molecule has 5 nitrogen and oxygen atoms in total. The molecule has 2 aliphatic heterocycles. The third-order valence-electron chi connectivity index (χ3n) is 4.71. The molecule has 114 valence electrons. The molecule has 0 saturated carbocycles. The van der Waals surface area contributed by atoms with E-state index >= 15 is 0 Å². The summed E-state index contributed by atoms with van der Waals surface area (Å²) in [4.78, 5) is 14.1. The first kappa shape index (κ1) is 14.2. The number of rotatable bonds is 3. The van der Waals surface area contributed by atoms with Crippen molar-refractivity contribution in [2.45, 2.75) is 19.3 Å². The van der Waals surface area contributed by atoms with Gasteiger partial charge in [-0.2, -0.15) is 0 Å². The summed E-state index contributed by atoms with van der Waals surface area (Å²) in [6, 6.07) is 6.44. The fourth-order valence-electron chi connectivity index (χ4n) is 3.23. The summed E-state index contributed by atoms with van der Waals surface area (Å²) in [5.41, 5.74) is 0.425. The number of phenols is 1. The van der Waals surface area contributed by atoms with E-state index in [2.05, 4.69) is 5.32 Å². The van der Waals surface area contributed by atoms with E-state index < -0.39 is 0 Å². The van der Waals surface area contributed by atoms with E-state index in [1.54, 1.807) is 24.3 Å². The Balaban J connectivity index is 1.47. The van der Waals surface area contributed by atoms with Crippen LogP contribution in [0.1, 0.15) is 19.3 Å². The van der Waals surface area contributed by atoms with Crippen LogP contribution in [0.5, 0.6) is 11.5 Å². The van der Waals surface area contributed by atoms with Gasteiger partial charge in [-0.25, -0.2) is 0 Å². The molecule has 0 aliphatic carbocycles. The molecule has 1 amide bonds. The maximum absolute atomic E-state index is 12.2. The summed E-state index contributed by atoms with van der Waals surface area (Å²) >= 11 is 0. The van der Waals surface area contributed by atoms with E-state index in [1.165, 1.54) is 6.42 Å². The highest BCUT2D eigenvalue weighted by atomic mass is 16.5. The number of ether oxygens (including phenoxy) is 1. The lowest BCUT2D eigenvalue weighted by molar-refractivity contribution is -0.135. The Labute approximate surface area is 124 Å². The van der Waals surface area contributed by atoms with Crippen molar-refractivity contribution in [1.29, 1.82) is 0 Å². The number of carbonyl (C=O) groups is 1. The quantitative estimate of drug-likeness (QED) is 0.883. The van der Waals surface area contributed by atoms with Crippen LogP contribution in [0.3, 0.4) is 0 Å². The largest absolute Gasteiger partial charge is 0.508 e. The molecule has 1 aromatic carbocycles. The number of hydrogen-bond acceptors (Lipinski definition) is 4. The molecule has 0 radical (unpaired) electrons. The summed E-state index contributed by atoms with van der Waals surface area (Å²) in [5.74, 6) is 0.846. The van der Waals surface area contributed by atoms with Crippen LogP contribution in [0.4, 0.5) is 0 Å². The van der Waals surface area contributed by atoms with Gasteiger partial charge in [-0.3, -0.25) is 4.79 Å². The number of hydrogen-bond donors (Lipinski definition) is 2. The maximum atomic E-state index is 12.2. The molecular formula is C16H22N2O3. The van der Waals surface area contributed by atoms with Gasteiger partial charge in [0.05, 0.1) is 0 Å². The third kappa shape index (κ3) is 3.29.